The minimum atomic E-state index is -2.89. The van der Waals surface area contributed by atoms with Gasteiger partial charge in [-0.25, -0.2) is 13.4 Å². The van der Waals surface area contributed by atoms with Crippen molar-refractivity contribution in [2.75, 3.05) is 30.0 Å². The summed E-state index contributed by atoms with van der Waals surface area (Å²) in [7, 11) is -0.977. The third-order valence-electron chi connectivity index (χ3n) is 3.35. The molecule has 1 aliphatic rings. The third kappa shape index (κ3) is 3.45. The summed E-state index contributed by atoms with van der Waals surface area (Å²) in [6.07, 6.45) is 0. The first-order chi connectivity index (χ1) is 8.91. The number of aryl methyl sites for hydroxylation is 1. The van der Waals surface area contributed by atoms with E-state index < -0.39 is 9.84 Å². The summed E-state index contributed by atoms with van der Waals surface area (Å²) < 4.78 is 23.2. The van der Waals surface area contributed by atoms with Crippen molar-refractivity contribution in [1.82, 2.24) is 10.3 Å². The van der Waals surface area contributed by atoms with Crippen LogP contribution in [0.3, 0.4) is 0 Å². The molecule has 6 heteroatoms. The molecule has 19 heavy (non-hydrogen) atoms. The Morgan fingerprint density at radius 2 is 2.21 bits per heavy atom. The summed E-state index contributed by atoms with van der Waals surface area (Å²) in [4.78, 5) is 6.63. The van der Waals surface area contributed by atoms with E-state index in [1.165, 1.54) is 5.56 Å². The second-order valence-corrected chi connectivity index (χ2v) is 7.39. The van der Waals surface area contributed by atoms with Gasteiger partial charge in [-0.3, -0.25) is 0 Å². The van der Waals surface area contributed by atoms with Gasteiger partial charge in [0, 0.05) is 24.8 Å². The number of anilines is 1. The lowest BCUT2D eigenvalue weighted by Crippen LogP contribution is -2.47. The number of nitrogens with one attached hydrogen (secondary N) is 1. The van der Waals surface area contributed by atoms with E-state index in [1.54, 1.807) is 0 Å². The lowest BCUT2D eigenvalue weighted by Gasteiger charge is -2.34. The van der Waals surface area contributed by atoms with Gasteiger partial charge in [-0.05, 0) is 38.6 Å². The molecule has 1 N–H and O–H groups in total. The van der Waals surface area contributed by atoms with E-state index in [9.17, 15) is 8.42 Å². The van der Waals surface area contributed by atoms with E-state index in [0.29, 0.717) is 6.54 Å². The maximum absolute atomic E-state index is 11.6. The van der Waals surface area contributed by atoms with Gasteiger partial charge in [-0.2, -0.15) is 0 Å². The van der Waals surface area contributed by atoms with Crippen LogP contribution in [-0.2, 0) is 16.4 Å². The molecule has 0 radical (unpaired) electrons. The van der Waals surface area contributed by atoms with Gasteiger partial charge in [0.25, 0.3) is 0 Å². The van der Waals surface area contributed by atoms with Crippen LogP contribution in [-0.4, -0.2) is 44.5 Å². The number of pyridine rings is 1. The number of aromatic nitrogens is 1. The first-order valence-corrected chi connectivity index (χ1v) is 8.32. The molecule has 0 saturated carbocycles. The number of hydrogen-bond acceptors (Lipinski definition) is 5. The van der Waals surface area contributed by atoms with Gasteiger partial charge in [0.1, 0.15) is 5.82 Å². The summed E-state index contributed by atoms with van der Waals surface area (Å²) in [6, 6.07) is 4.07. The van der Waals surface area contributed by atoms with Crippen molar-refractivity contribution >= 4 is 15.7 Å². The Morgan fingerprint density at radius 1 is 1.47 bits per heavy atom. The van der Waals surface area contributed by atoms with Crippen LogP contribution in [0, 0.1) is 6.92 Å². The van der Waals surface area contributed by atoms with Crippen molar-refractivity contribution in [3.63, 3.8) is 0 Å². The molecular weight excluding hydrogens is 262 g/mol. The van der Waals surface area contributed by atoms with Crippen LogP contribution in [0.25, 0.3) is 0 Å². The monoisotopic (exact) mass is 283 g/mol. The Balaban J connectivity index is 2.26. The molecule has 0 bridgehead atoms. The topological polar surface area (TPSA) is 62.3 Å². The Kier molecular flexibility index (Phi) is 4.10. The predicted octanol–water partition coefficient (Wildman–Crippen LogP) is 0.733. The summed E-state index contributed by atoms with van der Waals surface area (Å²) in [5, 5.41) is 3.12. The van der Waals surface area contributed by atoms with Gasteiger partial charge >= 0.3 is 0 Å². The maximum atomic E-state index is 11.6. The van der Waals surface area contributed by atoms with Gasteiger partial charge < -0.3 is 10.2 Å². The molecule has 0 amide bonds. The number of sulfone groups is 1. The molecule has 1 saturated heterocycles. The number of nitrogens with zero attached hydrogens (tertiary/aromatic N) is 2. The quantitative estimate of drug-likeness (QED) is 0.886. The highest BCUT2D eigenvalue weighted by Crippen LogP contribution is 2.21. The second kappa shape index (κ2) is 5.46. The van der Waals surface area contributed by atoms with Crippen LogP contribution >= 0.6 is 0 Å². The highest BCUT2D eigenvalue weighted by molar-refractivity contribution is 7.91. The second-order valence-electron chi connectivity index (χ2n) is 5.16. The zero-order valence-corrected chi connectivity index (χ0v) is 12.5. The fraction of sp³-hybridized carbons (Fsp3) is 0.615. The Labute approximate surface area is 114 Å². The van der Waals surface area contributed by atoms with Crippen LogP contribution in [0.1, 0.15) is 18.2 Å². The Morgan fingerprint density at radius 3 is 2.84 bits per heavy atom. The summed E-state index contributed by atoms with van der Waals surface area (Å²) in [5.74, 6) is 1.31. The fourth-order valence-electron chi connectivity index (χ4n) is 2.51. The first-order valence-electron chi connectivity index (χ1n) is 6.50. The summed E-state index contributed by atoms with van der Waals surface area (Å²) in [5.41, 5.74) is 2.13. The highest BCUT2D eigenvalue weighted by atomic mass is 32.2. The molecule has 1 unspecified atom stereocenters. The van der Waals surface area contributed by atoms with E-state index >= 15 is 0 Å². The normalized spacial score (nSPS) is 22.5. The minimum Gasteiger partial charge on any atom is -0.352 e. The third-order valence-corrected chi connectivity index (χ3v) is 5.14. The summed E-state index contributed by atoms with van der Waals surface area (Å²) in [6.45, 7) is 5.22. The van der Waals surface area contributed by atoms with Gasteiger partial charge in [-0.1, -0.05) is 0 Å². The van der Waals surface area contributed by atoms with Gasteiger partial charge in [-0.15, -0.1) is 0 Å². The maximum Gasteiger partial charge on any atom is 0.154 e. The van der Waals surface area contributed by atoms with Crippen molar-refractivity contribution in [2.45, 2.75) is 26.4 Å². The van der Waals surface area contributed by atoms with Crippen molar-refractivity contribution in [1.29, 1.82) is 0 Å². The highest BCUT2D eigenvalue weighted by Gasteiger charge is 2.29. The Bertz CT molecular complexity index is 557. The van der Waals surface area contributed by atoms with E-state index in [2.05, 4.69) is 15.2 Å². The molecule has 2 heterocycles. The molecule has 0 aromatic carbocycles. The zero-order chi connectivity index (χ0) is 14.0. The van der Waals surface area contributed by atoms with Crippen LogP contribution in [0.15, 0.2) is 12.1 Å². The fourth-order valence-corrected chi connectivity index (χ4v) is 4.07. The first kappa shape index (κ1) is 14.3. The van der Waals surface area contributed by atoms with Crippen molar-refractivity contribution in [2.24, 2.45) is 0 Å². The number of rotatable bonds is 3. The largest absolute Gasteiger partial charge is 0.352 e. The van der Waals surface area contributed by atoms with E-state index in [-0.39, 0.29) is 17.5 Å². The predicted molar refractivity (Wildman–Crippen MR) is 77.2 cm³/mol. The molecule has 1 aliphatic heterocycles. The molecule has 5 nitrogen and oxygen atoms in total. The average molecular weight is 283 g/mol. The van der Waals surface area contributed by atoms with Gasteiger partial charge in [0.15, 0.2) is 9.84 Å². The average Bonchev–Trinajstić information content (AvgIpc) is 2.27. The van der Waals surface area contributed by atoms with Crippen molar-refractivity contribution in [3.8, 4) is 0 Å². The van der Waals surface area contributed by atoms with Gasteiger partial charge in [0.2, 0.25) is 0 Å². The van der Waals surface area contributed by atoms with Crippen LogP contribution in [0.5, 0.6) is 0 Å². The molecule has 1 aromatic heterocycles. The zero-order valence-electron chi connectivity index (χ0n) is 11.7. The molecule has 0 spiro atoms. The van der Waals surface area contributed by atoms with Crippen LogP contribution in [0.2, 0.25) is 0 Å². The van der Waals surface area contributed by atoms with Gasteiger partial charge in [0.05, 0.1) is 11.5 Å². The van der Waals surface area contributed by atoms with Crippen LogP contribution in [0.4, 0.5) is 5.82 Å². The van der Waals surface area contributed by atoms with Crippen LogP contribution < -0.4 is 10.2 Å². The molecule has 2 rings (SSSR count). The molecule has 0 aliphatic carbocycles. The van der Waals surface area contributed by atoms with E-state index in [1.807, 2.05) is 33.0 Å². The van der Waals surface area contributed by atoms with E-state index in [0.717, 1.165) is 18.1 Å². The SMILES string of the molecule is CNCc1cc(C)nc(N2CCS(=O)(=O)CC2C)c1. The molecule has 106 valence electrons. The van der Waals surface area contributed by atoms with Crippen molar-refractivity contribution in [3.05, 3.63) is 23.4 Å². The minimum absolute atomic E-state index is 0.0181. The van der Waals surface area contributed by atoms with Crippen molar-refractivity contribution < 1.29 is 8.42 Å². The lowest BCUT2D eigenvalue weighted by atomic mass is 10.2. The lowest BCUT2D eigenvalue weighted by molar-refractivity contribution is 0.566. The smallest absolute Gasteiger partial charge is 0.154 e. The number of hydrogen-bond donors (Lipinski definition) is 1. The molecular formula is C13H21N3O2S. The van der Waals surface area contributed by atoms with E-state index in [4.69, 9.17) is 0 Å². The standard InChI is InChI=1S/C13H21N3O2S/c1-10-6-12(8-14-3)7-13(15-10)16-4-5-19(17,18)9-11(16)2/h6-7,11,14H,4-5,8-9H2,1-3H3. The molecule has 1 atom stereocenters. The molecule has 1 aromatic rings. The summed E-state index contributed by atoms with van der Waals surface area (Å²) >= 11 is 0. The Hall–Kier alpha value is -1.14. The molecule has 1 fully saturated rings.